The molecule has 11 fully saturated rings. The Morgan fingerprint density at radius 2 is 0.600 bits per heavy atom. The molecule has 826 valence electrons. The molecule has 0 amide bonds. The number of hydrogen-bond acceptors (Lipinski definition) is 2. The number of aliphatic hydroxyl groups is 2. The van der Waals surface area contributed by atoms with E-state index in [1.165, 1.54) is 116 Å². The molecule has 11 saturated carbocycles. The van der Waals surface area contributed by atoms with Gasteiger partial charge in [0.2, 0.25) is 0 Å². The number of aliphatic hydroxyl groups excluding tert-OH is 2. The Kier molecular flexibility index (Phi) is 92.1. The van der Waals surface area contributed by atoms with Crippen molar-refractivity contribution in [2.75, 3.05) is 13.2 Å². The molecule has 19 rings (SSSR count). The first-order valence-electron chi connectivity index (χ1n) is 52.7. The van der Waals surface area contributed by atoms with Crippen molar-refractivity contribution in [2.45, 2.75) is 306 Å². The van der Waals surface area contributed by atoms with Crippen molar-refractivity contribution >= 4 is 120 Å². The molecule has 28 atom stereocenters. The Morgan fingerprint density at radius 1 is 0.338 bits per heavy atom. The predicted octanol–water partition coefficient (Wildman–Crippen LogP) is 43.3. The van der Waals surface area contributed by atoms with Gasteiger partial charge < -0.3 is 88.0 Å². The second-order valence-corrected chi connectivity index (χ2v) is 77.0. The molecular formula is C122H206Cl11NO2Si3Ti2Zr4-2. The molecule has 28 unspecified atom stereocenters. The van der Waals surface area contributed by atoms with Gasteiger partial charge in [-0.3, -0.25) is 0 Å². The summed E-state index contributed by atoms with van der Waals surface area (Å²) < 4.78 is 0. The van der Waals surface area contributed by atoms with E-state index in [4.69, 9.17) is 102 Å². The number of halogens is 11. The van der Waals surface area contributed by atoms with Gasteiger partial charge in [0.05, 0.1) is 16.1 Å². The molecule has 19 aliphatic rings. The van der Waals surface area contributed by atoms with Crippen LogP contribution in [-0.4, -0.2) is 53.9 Å². The van der Waals surface area contributed by atoms with E-state index in [9.17, 15) is 0 Å². The zero-order valence-electron chi connectivity index (χ0n) is 96.2. The summed E-state index contributed by atoms with van der Waals surface area (Å²) in [6.07, 6.45) is 104. The first-order chi connectivity index (χ1) is 65.1. The third kappa shape index (κ3) is 46.3. The first kappa shape index (κ1) is 158. The van der Waals surface area contributed by atoms with E-state index >= 15 is 0 Å². The topological polar surface area (TPSA) is 54.6 Å². The van der Waals surface area contributed by atoms with Crippen molar-refractivity contribution in [3.63, 3.8) is 0 Å². The van der Waals surface area contributed by atoms with Gasteiger partial charge in [0.25, 0.3) is 0 Å². The first-order valence-corrected chi connectivity index (χ1v) is 93.8. The van der Waals surface area contributed by atoms with E-state index in [1.54, 1.807) is 45.4 Å². The third-order valence-corrected chi connectivity index (χ3v) is 51.8. The molecule has 0 aromatic carbocycles. The summed E-state index contributed by atoms with van der Waals surface area (Å²) in [4.78, 5) is 4.93. The number of rotatable bonds is 10. The standard InChI is InChI=1S/C28H30.C22H32Si.C20H32Si.C10H22NSi.C10H20.C10H19.C9H12.2C2H6O.9CH3.11ClH.2Ti.4Zr/c1-5-13-23-19(9-1)20-10-2-6-14-24(20)27(23)17-18-28-25-15-7-3-11-21(25)22-12-4-8-16-26(22)28;1-15-13-17-9-5-7-11-19(17)21(15)23(3,4)22-16(2)14-18-10-6-8-12-20(18)22;1-21(2,19-13-11-15-7-3-5-9-17(15)19)20-14-12-16-8-4-6-10-18(16)20;1-9(2)11-12(3,4)10-7-5-6-8-10;2*1-6-7(2)9(4)10(5)8(6)3;1-2-5-9-7-3-6-8(9)4-1;2*1-2-3;;;;;;;;;;;;;;;;;;;;;;;;;;/h1-16,19-28H,17-18H2;5-12,15-22H,13-14H2,1-4H3;3,5,7,9,15-20H,4,6,8,10-14H2,1-2H3;9-10H,5-8H2,1-4H3;6-10H,1-5H3;6-9H,1-5H3;1-2,4-5,8-9H,3,6-7H2;2*3H,2H2,1H3;9*1H3;11*1H;;;;;;/q;;;-1;;-1;;;;9*-1;;;;;;;;;;;;2*+2;4*+4/p-11. The van der Waals surface area contributed by atoms with Crippen molar-refractivity contribution in [3.05, 3.63) is 272 Å². The zero-order chi connectivity index (χ0) is 101. The number of fused-ring (bicyclic) bond motifs is 11. The van der Waals surface area contributed by atoms with Gasteiger partial charge in [0.1, 0.15) is 0 Å². The van der Waals surface area contributed by atoms with E-state index in [0.717, 1.165) is 187 Å². The van der Waals surface area contributed by atoms with E-state index in [2.05, 4.69) is 340 Å². The Labute approximate surface area is 1010 Å². The Bertz CT molecular complexity index is 3490. The van der Waals surface area contributed by atoms with Crippen LogP contribution in [0.4, 0.5) is 0 Å². The molecule has 0 aliphatic heterocycles. The minimum atomic E-state index is -1.35. The van der Waals surface area contributed by atoms with Gasteiger partial charge in [0, 0.05) is 13.2 Å². The summed E-state index contributed by atoms with van der Waals surface area (Å²) in [5, 5.41) is 15.1. The van der Waals surface area contributed by atoms with Crippen LogP contribution in [0.3, 0.4) is 0 Å². The van der Waals surface area contributed by atoms with Crippen LogP contribution in [0, 0.1) is 256 Å². The molecule has 0 bridgehead atoms. The molecule has 0 spiro atoms. The van der Waals surface area contributed by atoms with Crippen molar-refractivity contribution in [1.29, 1.82) is 0 Å². The van der Waals surface area contributed by atoms with E-state index in [0.29, 0.717) is 29.7 Å². The Balaban J connectivity index is -0.000000516. The summed E-state index contributed by atoms with van der Waals surface area (Å²) in [5.41, 5.74) is 5.11. The average Bonchev–Trinajstić information content (AvgIpc) is 2.55. The SMILES string of the molecule is C1=CC2C3C=CC=CC3C(CCC3C4C=CC=CC4C4C=CC=CC43)C2C=C1.C1=CC2CCCC2C=C1.CC(C)[N-][Si](C)(C)C1CCCC1.CC1C(C)C(C)C(C)C1C.CC1CC2C=CC=CC2C1[Si](C)(C)C1C(C)CC2C=CC=CC21.CCO.CCO.C[C-]1C(C)C(C)C(C)C1C.C[Si](C)(C1CCC2C=CC=CC21)C1CCC2CCCCC21.[CH3-].[CH3-].[CH3-].[CH3-].[CH3-].[CH3-].[CH3-].[CH3-].[CH3-].[Cl][Ti+].[Cl][Ti][Cl].[Cl][Zr+2][Cl].[Cl][Zr+2][Cl].[Cl][Zr+2][Cl].[Cl][Zr+2][Cl]. The van der Waals surface area contributed by atoms with Crippen molar-refractivity contribution in [2.24, 2.45) is 183 Å². The van der Waals surface area contributed by atoms with Crippen molar-refractivity contribution in [3.8, 4) is 0 Å². The fraction of sp³-hybridized carbons (Fsp3) is 0.656. The van der Waals surface area contributed by atoms with Crippen LogP contribution < -0.4 is 0 Å². The van der Waals surface area contributed by atoms with E-state index in [-0.39, 0.29) is 80.1 Å². The van der Waals surface area contributed by atoms with Gasteiger partial charge in [0.15, 0.2) is 0 Å². The molecule has 0 saturated heterocycles. The van der Waals surface area contributed by atoms with E-state index in [1.807, 2.05) is 0 Å². The number of hydrogen-bond donors (Lipinski definition) is 2. The zero-order valence-corrected chi connectivity index (χ0v) is 120. The molecule has 0 heterocycles. The molecule has 23 heteroatoms. The summed E-state index contributed by atoms with van der Waals surface area (Å²) in [6.45, 7) is 53.0. The van der Waals surface area contributed by atoms with Crippen molar-refractivity contribution in [1.82, 2.24) is 0 Å². The maximum absolute atomic E-state index is 7.57. The molecule has 3 nitrogen and oxygen atoms in total. The molecule has 19 aliphatic carbocycles. The number of allylic oxidation sites excluding steroid dienone is 32. The van der Waals surface area contributed by atoms with E-state index < -0.39 is 125 Å². The van der Waals surface area contributed by atoms with Gasteiger partial charge in [-0.05, 0) is 241 Å². The summed E-state index contributed by atoms with van der Waals surface area (Å²) in [6, 6.07) is 0.548. The van der Waals surface area contributed by atoms with Crippen LogP contribution in [0.2, 0.25) is 67.0 Å². The molecule has 145 heavy (non-hydrogen) atoms. The van der Waals surface area contributed by atoms with Crippen LogP contribution in [-0.2, 0) is 120 Å². The van der Waals surface area contributed by atoms with Crippen LogP contribution in [0.1, 0.15) is 233 Å². The van der Waals surface area contributed by atoms with Crippen molar-refractivity contribution < 1.29 is 130 Å². The fourth-order valence-corrected chi connectivity index (χ4v) is 45.3. The molecule has 0 aromatic rings. The van der Waals surface area contributed by atoms with Crippen LogP contribution in [0.15, 0.2) is 194 Å². The van der Waals surface area contributed by atoms with Crippen LogP contribution >= 0.6 is 96.0 Å². The second-order valence-electron chi connectivity index (χ2n) is 45.0. The quantitative estimate of drug-likeness (QED) is 0.169. The number of nitrogens with zero attached hydrogens (tertiary/aromatic N) is 1. The second kappa shape index (κ2) is 84.5. The third-order valence-electron chi connectivity index (χ3n) is 37.4. The van der Waals surface area contributed by atoms with Gasteiger partial charge >= 0.3 is 216 Å². The normalized spacial score (nSPS) is 35.6. The molecule has 2 N–H and O–H groups in total. The van der Waals surface area contributed by atoms with Crippen LogP contribution in [0.25, 0.3) is 4.98 Å². The van der Waals surface area contributed by atoms with Gasteiger partial charge in [-0.2, -0.15) is 18.8 Å². The van der Waals surface area contributed by atoms with Gasteiger partial charge in [-0.25, -0.2) is 0 Å². The summed E-state index contributed by atoms with van der Waals surface area (Å²) in [7, 11) is 50.2. The molecular weight excluding hydrogens is 2450 g/mol. The van der Waals surface area contributed by atoms with Gasteiger partial charge in [-0.15, -0.1) is 6.04 Å². The Hall–Kier alpha value is 4.52. The monoisotopic (exact) mass is 2640 g/mol. The molecule has 0 radical (unpaired) electrons. The van der Waals surface area contributed by atoms with Gasteiger partial charge in [-0.1, -0.05) is 426 Å². The fourth-order valence-electron chi connectivity index (χ4n) is 30.3. The summed E-state index contributed by atoms with van der Waals surface area (Å²) >= 11 is -2.39. The summed E-state index contributed by atoms with van der Waals surface area (Å²) in [5.74, 6) is 28.1. The maximum atomic E-state index is 7.57. The predicted molar refractivity (Wildman–Crippen MR) is 651 cm³/mol. The molecule has 0 aromatic heterocycles. The average molecular weight is 2650 g/mol. The Morgan fingerprint density at radius 3 is 0.903 bits per heavy atom. The minimum absolute atomic E-state index is 0. The van der Waals surface area contributed by atoms with Crippen LogP contribution in [0.5, 0.6) is 0 Å².